The Labute approximate surface area is 164 Å². The lowest BCUT2D eigenvalue weighted by Gasteiger charge is -2.27. The molecule has 1 aliphatic rings. The average Bonchev–Trinajstić information content (AvgIpc) is 2.71. The third-order valence-corrected chi connectivity index (χ3v) is 4.93. The van der Waals surface area contributed by atoms with E-state index in [-0.39, 0.29) is 23.6 Å². The van der Waals surface area contributed by atoms with E-state index in [4.69, 9.17) is 9.47 Å². The van der Waals surface area contributed by atoms with Gasteiger partial charge in [0, 0.05) is 18.3 Å². The molecule has 0 atom stereocenters. The number of hydrogen-bond acceptors (Lipinski definition) is 5. The van der Waals surface area contributed by atoms with Crippen LogP contribution in [0.3, 0.4) is 0 Å². The summed E-state index contributed by atoms with van der Waals surface area (Å²) in [6.45, 7) is 2.74. The molecule has 28 heavy (non-hydrogen) atoms. The molecule has 7 nitrogen and oxygen atoms in total. The third kappa shape index (κ3) is 4.92. The van der Waals surface area contributed by atoms with Gasteiger partial charge in [0.05, 0.1) is 26.1 Å². The first-order valence-electron chi connectivity index (χ1n) is 9.53. The van der Waals surface area contributed by atoms with E-state index in [1.165, 1.54) is 13.5 Å². The van der Waals surface area contributed by atoms with Crippen LogP contribution in [-0.4, -0.2) is 42.7 Å². The Morgan fingerprint density at radius 2 is 1.79 bits per heavy atom. The second-order valence-corrected chi connectivity index (χ2v) is 6.91. The fourth-order valence-electron chi connectivity index (χ4n) is 3.47. The summed E-state index contributed by atoms with van der Waals surface area (Å²) in [5.41, 5.74) is 1.25. The lowest BCUT2D eigenvalue weighted by molar-refractivity contribution is -0.116. The number of methoxy groups -OCH3 is 2. The summed E-state index contributed by atoms with van der Waals surface area (Å²) >= 11 is 0. The van der Waals surface area contributed by atoms with Gasteiger partial charge in [0.1, 0.15) is 12.3 Å². The van der Waals surface area contributed by atoms with E-state index in [9.17, 15) is 9.59 Å². The predicted octanol–water partition coefficient (Wildman–Crippen LogP) is 2.49. The maximum atomic E-state index is 12.7. The van der Waals surface area contributed by atoms with Gasteiger partial charge in [0.25, 0.3) is 0 Å². The van der Waals surface area contributed by atoms with Crippen molar-refractivity contribution >= 4 is 11.6 Å². The van der Waals surface area contributed by atoms with Gasteiger partial charge in [-0.25, -0.2) is 0 Å². The quantitative estimate of drug-likeness (QED) is 0.793. The summed E-state index contributed by atoms with van der Waals surface area (Å²) in [4.78, 5) is 27.2. The highest BCUT2D eigenvalue weighted by molar-refractivity contribution is 5.92. The highest BCUT2D eigenvalue weighted by Crippen LogP contribution is 2.23. The molecule has 0 bridgehead atoms. The minimum absolute atomic E-state index is 0.0812. The first-order chi connectivity index (χ1) is 13.6. The molecule has 1 saturated heterocycles. The number of carbonyl (C=O) groups excluding carboxylic acids is 1. The molecular formula is C21H27N3O4. The van der Waals surface area contributed by atoms with Crippen LogP contribution in [0.4, 0.5) is 5.69 Å². The van der Waals surface area contributed by atoms with E-state index in [0.717, 1.165) is 31.6 Å². The number of carbonyl (C=O) groups is 1. The maximum Gasteiger partial charge on any atom is 0.244 e. The number of anilines is 1. The van der Waals surface area contributed by atoms with Crippen molar-refractivity contribution < 1.29 is 14.3 Å². The molecule has 2 aromatic rings. The zero-order chi connectivity index (χ0) is 19.9. The van der Waals surface area contributed by atoms with Gasteiger partial charge in [-0.05, 0) is 38.1 Å². The molecule has 7 heteroatoms. The molecule has 1 amide bonds. The number of piperidine rings is 1. The summed E-state index contributed by atoms with van der Waals surface area (Å²) in [6.07, 6.45) is 5.18. The van der Waals surface area contributed by atoms with E-state index in [0.29, 0.717) is 18.0 Å². The lowest BCUT2D eigenvalue weighted by atomic mass is 10.1. The standard InChI is InChI=1S/C21H27N3O4/c1-27-19-9-5-4-8-17(19)22-21(26)15-24-14-20(28-2)18(25)12-16(24)13-23-10-6-3-7-11-23/h4-5,8-9,12,14H,3,6-7,10-11,13,15H2,1-2H3,(H,22,26). The number of rotatable bonds is 7. The van der Waals surface area contributed by atoms with Gasteiger partial charge < -0.3 is 19.4 Å². The summed E-state index contributed by atoms with van der Waals surface area (Å²) in [5, 5.41) is 2.88. The first kappa shape index (κ1) is 19.9. The Morgan fingerprint density at radius 1 is 1.07 bits per heavy atom. The zero-order valence-corrected chi connectivity index (χ0v) is 16.4. The fourth-order valence-corrected chi connectivity index (χ4v) is 3.47. The van der Waals surface area contributed by atoms with E-state index >= 15 is 0 Å². The molecular weight excluding hydrogens is 358 g/mol. The third-order valence-electron chi connectivity index (χ3n) is 4.93. The molecule has 0 saturated carbocycles. The van der Waals surface area contributed by atoms with Gasteiger partial charge in [-0.15, -0.1) is 0 Å². The van der Waals surface area contributed by atoms with E-state index in [1.807, 2.05) is 12.1 Å². The number of nitrogens with zero attached hydrogens (tertiary/aromatic N) is 2. The summed E-state index contributed by atoms with van der Waals surface area (Å²) < 4.78 is 12.2. The maximum absolute atomic E-state index is 12.7. The van der Waals surface area contributed by atoms with Gasteiger partial charge in [-0.2, -0.15) is 0 Å². The number of aromatic nitrogens is 1. The van der Waals surface area contributed by atoms with Gasteiger partial charge in [0.2, 0.25) is 11.3 Å². The minimum Gasteiger partial charge on any atom is -0.495 e. The van der Waals surface area contributed by atoms with E-state index in [2.05, 4.69) is 10.2 Å². The van der Waals surface area contributed by atoms with Crippen molar-refractivity contribution in [3.05, 3.63) is 52.4 Å². The van der Waals surface area contributed by atoms with Gasteiger partial charge in [-0.3, -0.25) is 14.5 Å². The largest absolute Gasteiger partial charge is 0.495 e. The summed E-state index contributed by atoms with van der Waals surface area (Å²) in [6, 6.07) is 8.83. The molecule has 2 heterocycles. The van der Waals surface area contributed by atoms with Crippen molar-refractivity contribution in [3.8, 4) is 11.5 Å². The van der Waals surface area contributed by atoms with Crippen molar-refractivity contribution in [1.82, 2.24) is 9.47 Å². The number of pyridine rings is 1. The van der Waals surface area contributed by atoms with Crippen molar-refractivity contribution in [3.63, 3.8) is 0 Å². The Kier molecular flexibility index (Phi) is 6.71. The Morgan fingerprint density at radius 3 is 2.50 bits per heavy atom. The molecule has 1 N–H and O–H groups in total. The molecule has 1 aliphatic heterocycles. The summed E-state index contributed by atoms with van der Waals surface area (Å²) in [5.74, 6) is 0.629. The minimum atomic E-state index is -0.199. The number of nitrogens with one attached hydrogen (secondary N) is 1. The number of para-hydroxylation sites is 2. The Bertz CT molecular complexity index is 872. The average molecular weight is 385 g/mol. The van der Waals surface area contributed by atoms with Crippen LogP contribution in [0.15, 0.2) is 41.3 Å². The first-order valence-corrected chi connectivity index (χ1v) is 9.53. The highest BCUT2D eigenvalue weighted by Gasteiger charge is 2.16. The molecule has 0 aliphatic carbocycles. The van der Waals surface area contributed by atoms with Crippen LogP contribution in [-0.2, 0) is 17.9 Å². The van der Waals surface area contributed by atoms with Gasteiger partial charge in [0.15, 0.2) is 5.75 Å². The Hall–Kier alpha value is -2.80. The molecule has 3 rings (SSSR count). The van der Waals surface area contributed by atoms with Crippen LogP contribution >= 0.6 is 0 Å². The molecule has 0 spiro atoms. The van der Waals surface area contributed by atoms with Crippen LogP contribution < -0.4 is 20.2 Å². The number of amides is 1. The zero-order valence-electron chi connectivity index (χ0n) is 16.4. The SMILES string of the molecule is COc1ccccc1NC(=O)Cn1cc(OC)c(=O)cc1CN1CCCCC1. The molecule has 150 valence electrons. The Balaban J connectivity index is 1.80. The lowest BCUT2D eigenvalue weighted by Crippen LogP contribution is -2.32. The molecule has 0 radical (unpaired) electrons. The van der Waals surface area contributed by atoms with Gasteiger partial charge >= 0.3 is 0 Å². The molecule has 1 aromatic carbocycles. The van der Waals surface area contributed by atoms with Crippen LogP contribution in [0.2, 0.25) is 0 Å². The summed E-state index contributed by atoms with van der Waals surface area (Å²) in [7, 11) is 3.02. The number of ether oxygens (including phenoxy) is 2. The van der Waals surface area contributed by atoms with Gasteiger partial charge in [-0.1, -0.05) is 18.6 Å². The van der Waals surface area contributed by atoms with Crippen LogP contribution in [0.5, 0.6) is 11.5 Å². The van der Waals surface area contributed by atoms with Crippen molar-refractivity contribution in [1.29, 1.82) is 0 Å². The number of hydrogen-bond donors (Lipinski definition) is 1. The van der Waals surface area contributed by atoms with Crippen molar-refractivity contribution in [2.24, 2.45) is 0 Å². The fraction of sp³-hybridized carbons (Fsp3) is 0.429. The number of benzene rings is 1. The normalized spacial score (nSPS) is 14.5. The molecule has 0 unspecified atom stereocenters. The molecule has 1 fully saturated rings. The topological polar surface area (TPSA) is 72.8 Å². The highest BCUT2D eigenvalue weighted by atomic mass is 16.5. The second-order valence-electron chi connectivity index (χ2n) is 6.91. The van der Waals surface area contributed by atoms with Crippen LogP contribution in [0, 0.1) is 0 Å². The van der Waals surface area contributed by atoms with E-state index < -0.39 is 0 Å². The molecule has 1 aromatic heterocycles. The monoisotopic (exact) mass is 385 g/mol. The second kappa shape index (κ2) is 9.41. The van der Waals surface area contributed by atoms with Crippen LogP contribution in [0.1, 0.15) is 25.0 Å². The predicted molar refractivity (Wildman–Crippen MR) is 108 cm³/mol. The van der Waals surface area contributed by atoms with Crippen LogP contribution in [0.25, 0.3) is 0 Å². The smallest absolute Gasteiger partial charge is 0.244 e. The van der Waals surface area contributed by atoms with Crippen molar-refractivity contribution in [2.45, 2.75) is 32.4 Å². The van der Waals surface area contributed by atoms with Crippen molar-refractivity contribution in [2.75, 3.05) is 32.6 Å². The number of likely N-dealkylation sites (tertiary alicyclic amines) is 1. The van der Waals surface area contributed by atoms with E-state index in [1.54, 1.807) is 36.1 Å².